The van der Waals surface area contributed by atoms with E-state index in [0.717, 1.165) is 6.07 Å². The predicted molar refractivity (Wildman–Crippen MR) is 74.2 cm³/mol. The van der Waals surface area contributed by atoms with Gasteiger partial charge < -0.3 is 10.5 Å². The molecule has 1 saturated heterocycles. The molecule has 0 radical (unpaired) electrons. The molecule has 8 nitrogen and oxygen atoms in total. The number of sulfonamides is 1. The van der Waals surface area contributed by atoms with E-state index in [-0.39, 0.29) is 27.0 Å². The van der Waals surface area contributed by atoms with Gasteiger partial charge in [-0.25, -0.2) is 8.42 Å². The van der Waals surface area contributed by atoms with E-state index in [1.807, 2.05) is 0 Å². The highest BCUT2D eigenvalue weighted by atomic mass is 32.2. The van der Waals surface area contributed by atoms with Crippen LogP contribution in [0.25, 0.3) is 0 Å². The third-order valence-corrected chi connectivity index (χ3v) is 6.64. The summed E-state index contributed by atoms with van der Waals surface area (Å²) in [6, 6.07) is 0.731. The molecule has 2 atom stereocenters. The minimum absolute atomic E-state index is 0.113. The number of thiophene rings is 1. The number of nitrogen functional groups attached to an aromatic ring is 1. The van der Waals surface area contributed by atoms with Gasteiger partial charge in [-0.1, -0.05) is 11.3 Å². The van der Waals surface area contributed by atoms with Gasteiger partial charge in [0.2, 0.25) is 0 Å². The first-order valence-corrected chi connectivity index (χ1v) is 8.14. The average Bonchev–Trinajstić information content (AvgIpc) is 2.94. The highest BCUT2D eigenvalue weighted by molar-refractivity contribution is 7.91. The minimum atomic E-state index is -3.80. The molecule has 1 aliphatic heterocycles. The van der Waals surface area contributed by atoms with Crippen LogP contribution in [-0.4, -0.2) is 43.4 Å². The maximum Gasteiger partial charge on any atom is 0.304 e. The van der Waals surface area contributed by atoms with Gasteiger partial charge in [0.25, 0.3) is 10.0 Å². The third kappa shape index (κ3) is 2.51. The Labute approximate surface area is 120 Å². The number of nitro groups is 1. The lowest BCUT2D eigenvalue weighted by molar-refractivity contribution is -0.383. The SMILES string of the molecule is CC1OCCC1N(C)S(=O)(=O)c1cc([N+](=O)[O-])c(N)s1. The Bertz CT molecular complexity index is 627. The van der Waals surface area contributed by atoms with Crippen molar-refractivity contribution in [3.05, 3.63) is 16.2 Å². The summed E-state index contributed by atoms with van der Waals surface area (Å²) in [5, 5.41) is 10.6. The molecule has 20 heavy (non-hydrogen) atoms. The second-order valence-electron chi connectivity index (χ2n) is 4.53. The van der Waals surface area contributed by atoms with Crippen LogP contribution in [0.3, 0.4) is 0 Å². The summed E-state index contributed by atoms with van der Waals surface area (Å²) in [6.45, 7) is 2.30. The van der Waals surface area contributed by atoms with E-state index >= 15 is 0 Å². The lowest BCUT2D eigenvalue weighted by Crippen LogP contribution is -2.40. The second-order valence-corrected chi connectivity index (χ2v) is 7.83. The Morgan fingerprint density at radius 3 is 2.70 bits per heavy atom. The normalized spacial score (nSPS) is 23.4. The first-order chi connectivity index (χ1) is 9.25. The molecule has 0 saturated carbocycles. The van der Waals surface area contributed by atoms with Gasteiger partial charge in [-0.2, -0.15) is 4.31 Å². The summed E-state index contributed by atoms with van der Waals surface area (Å²) in [5.41, 5.74) is 5.11. The van der Waals surface area contributed by atoms with Crippen LogP contribution < -0.4 is 5.73 Å². The number of nitrogens with two attached hydrogens (primary N) is 1. The van der Waals surface area contributed by atoms with Crippen molar-refractivity contribution < 1.29 is 18.1 Å². The summed E-state index contributed by atoms with van der Waals surface area (Å²) >= 11 is 0.704. The van der Waals surface area contributed by atoms with E-state index in [0.29, 0.717) is 24.4 Å². The third-order valence-electron chi connectivity index (χ3n) is 3.35. The van der Waals surface area contributed by atoms with Crippen LogP contribution in [0.2, 0.25) is 0 Å². The Kier molecular flexibility index (Phi) is 4.00. The van der Waals surface area contributed by atoms with E-state index < -0.39 is 14.9 Å². The van der Waals surface area contributed by atoms with Gasteiger partial charge in [0.1, 0.15) is 4.21 Å². The molecule has 1 fully saturated rings. The van der Waals surface area contributed by atoms with Gasteiger partial charge >= 0.3 is 5.69 Å². The topological polar surface area (TPSA) is 116 Å². The first-order valence-electron chi connectivity index (χ1n) is 5.88. The predicted octanol–water partition coefficient (Wildman–Crippen LogP) is 1.04. The average molecular weight is 321 g/mol. The van der Waals surface area contributed by atoms with Gasteiger partial charge in [-0.15, -0.1) is 0 Å². The van der Waals surface area contributed by atoms with Gasteiger partial charge in [0, 0.05) is 19.7 Å². The molecule has 1 aromatic rings. The Balaban J connectivity index is 2.35. The number of hydrogen-bond donors (Lipinski definition) is 1. The molecule has 1 aliphatic rings. The highest BCUT2D eigenvalue weighted by Crippen LogP contribution is 2.36. The van der Waals surface area contributed by atoms with Crippen LogP contribution >= 0.6 is 11.3 Å². The zero-order valence-corrected chi connectivity index (χ0v) is 12.6. The molecule has 0 aliphatic carbocycles. The molecule has 10 heteroatoms. The number of hydrogen-bond acceptors (Lipinski definition) is 7. The number of likely N-dealkylation sites (N-methyl/N-ethyl adjacent to an activating group) is 1. The highest BCUT2D eigenvalue weighted by Gasteiger charge is 2.37. The Morgan fingerprint density at radius 1 is 1.60 bits per heavy atom. The van der Waals surface area contributed by atoms with Gasteiger partial charge in [-0.3, -0.25) is 10.1 Å². The van der Waals surface area contributed by atoms with E-state index in [2.05, 4.69) is 0 Å². The summed E-state index contributed by atoms with van der Waals surface area (Å²) in [5.74, 6) is 0. The van der Waals surface area contributed by atoms with Crippen molar-refractivity contribution in [3.63, 3.8) is 0 Å². The smallest absolute Gasteiger partial charge is 0.304 e. The zero-order valence-electron chi connectivity index (χ0n) is 11.0. The largest absolute Gasteiger partial charge is 0.385 e. The fourth-order valence-electron chi connectivity index (χ4n) is 2.16. The van der Waals surface area contributed by atoms with Crippen LogP contribution in [0.15, 0.2) is 10.3 Å². The van der Waals surface area contributed by atoms with Crippen molar-refractivity contribution in [3.8, 4) is 0 Å². The van der Waals surface area contributed by atoms with Gasteiger partial charge in [0.15, 0.2) is 5.00 Å². The molecule has 112 valence electrons. The summed E-state index contributed by atoms with van der Waals surface area (Å²) in [6.07, 6.45) is 0.391. The summed E-state index contributed by atoms with van der Waals surface area (Å²) < 4.78 is 31.3. The van der Waals surface area contributed by atoms with Crippen molar-refractivity contribution in [1.29, 1.82) is 0 Å². The van der Waals surface area contributed by atoms with E-state index in [4.69, 9.17) is 10.5 Å². The molecule has 2 heterocycles. The second kappa shape index (κ2) is 5.28. The van der Waals surface area contributed by atoms with Crippen LogP contribution in [0.4, 0.5) is 10.7 Å². The number of nitrogens with zero attached hydrogens (tertiary/aromatic N) is 2. The van der Waals surface area contributed by atoms with Crippen LogP contribution in [0.5, 0.6) is 0 Å². The molecule has 0 amide bonds. The monoisotopic (exact) mass is 321 g/mol. The van der Waals surface area contributed by atoms with Crippen molar-refractivity contribution in [2.24, 2.45) is 0 Å². The van der Waals surface area contributed by atoms with E-state index in [1.165, 1.54) is 11.4 Å². The zero-order chi connectivity index (χ0) is 15.1. The number of rotatable bonds is 4. The quantitative estimate of drug-likeness (QED) is 0.654. The Morgan fingerprint density at radius 2 is 2.25 bits per heavy atom. The first kappa shape index (κ1) is 15.2. The molecule has 2 unspecified atom stereocenters. The number of anilines is 1. The molecule has 0 bridgehead atoms. The standard InChI is InChI=1S/C10H15N3O5S2/c1-6-7(3-4-18-6)12(2)20(16,17)9-5-8(13(14)15)10(11)19-9/h5-7H,3-4,11H2,1-2H3. The Hall–Kier alpha value is -1.23. The van der Waals surface area contributed by atoms with Crippen LogP contribution in [-0.2, 0) is 14.8 Å². The molecular formula is C10H15N3O5S2. The maximum atomic E-state index is 12.5. The van der Waals surface area contributed by atoms with Crippen molar-refractivity contribution in [1.82, 2.24) is 4.31 Å². The minimum Gasteiger partial charge on any atom is -0.385 e. The van der Waals surface area contributed by atoms with Crippen molar-refractivity contribution in [2.45, 2.75) is 29.7 Å². The molecule has 0 aromatic carbocycles. The lowest BCUT2D eigenvalue weighted by atomic mass is 10.2. The van der Waals surface area contributed by atoms with Crippen molar-refractivity contribution >= 4 is 32.0 Å². The molecule has 1 aromatic heterocycles. The summed E-state index contributed by atoms with van der Waals surface area (Å²) in [4.78, 5) is 10.1. The summed E-state index contributed by atoms with van der Waals surface area (Å²) in [7, 11) is -2.35. The van der Waals surface area contributed by atoms with Gasteiger partial charge in [0.05, 0.1) is 17.1 Å². The molecule has 0 spiro atoms. The maximum absolute atomic E-state index is 12.5. The van der Waals surface area contributed by atoms with E-state index in [1.54, 1.807) is 6.92 Å². The fourth-order valence-corrected chi connectivity index (χ4v) is 5.01. The number of ether oxygens (including phenoxy) is 1. The van der Waals surface area contributed by atoms with Crippen molar-refractivity contribution in [2.75, 3.05) is 19.4 Å². The molecule has 2 rings (SSSR count). The lowest BCUT2D eigenvalue weighted by Gasteiger charge is -2.25. The van der Waals surface area contributed by atoms with Crippen LogP contribution in [0, 0.1) is 10.1 Å². The van der Waals surface area contributed by atoms with E-state index in [9.17, 15) is 18.5 Å². The molecular weight excluding hydrogens is 306 g/mol. The van der Waals surface area contributed by atoms with Gasteiger partial charge in [-0.05, 0) is 13.3 Å². The molecule has 2 N–H and O–H groups in total. The fraction of sp³-hybridized carbons (Fsp3) is 0.600. The van der Waals surface area contributed by atoms with Crippen LogP contribution in [0.1, 0.15) is 13.3 Å².